The number of benzene rings is 1. The summed E-state index contributed by atoms with van der Waals surface area (Å²) < 4.78 is 0. The highest BCUT2D eigenvalue weighted by molar-refractivity contribution is 5.91. The van der Waals surface area contributed by atoms with Gasteiger partial charge in [-0.25, -0.2) is 0 Å². The number of fused-ring (bicyclic) bond motifs is 1. The summed E-state index contributed by atoms with van der Waals surface area (Å²) in [5.41, 5.74) is 5.52. The van der Waals surface area contributed by atoms with E-state index in [0.29, 0.717) is 0 Å². The van der Waals surface area contributed by atoms with Crippen molar-refractivity contribution >= 4 is 41.4 Å². The fourth-order valence-electron chi connectivity index (χ4n) is 1.43. The van der Waals surface area contributed by atoms with E-state index in [4.69, 9.17) is 5.84 Å². The highest BCUT2D eigenvalue weighted by atomic mass is 35.5. The maximum atomic E-state index is 5.41. The Hall–Kier alpha value is -1.03. The van der Waals surface area contributed by atoms with Gasteiger partial charge in [0, 0.05) is 11.1 Å². The minimum absolute atomic E-state index is 0. The molecule has 1 aromatic carbocycles. The molecule has 0 saturated carbocycles. The zero-order chi connectivity index (χ0) is 9.26. The minimum atomic E-state index is 0. The first-order valence-electron chi connectivity index (χ1n) is 4.14. The molecule has 1 aromatic heterocycles. The molecule has 3 N–H and O–H groups in total. The molecule has 5 heteroatoms. The fourth-order valence-corrected chi connectivity index (χ4v) is 1.43. The first-order valence-corrected chi connectivity index (χ1v) is 4.14. The molecule has 0 radical (unpaired) electrons. The Balaban J connectivity index is 0.000000980. The Bertz CT molecular complexity index is 446. The Morgan fingerprint density at radius 1 is 1.20 bits per heavy atom. The van der Waals surface area contributed by atoms with Crippen LogP contribution in [-0.4, -0.2) is 4.98 Å². The number of para-hydroxylation sites is 1. The lowest BCUT2D eigenvalue weighted by molar-refractivity contribution is 1.24. The van der Waals surface area contributed by atoms with Gasteiger partial charge in [-0.2, -0.15) is 0 Å². The molecule has 0 bridgehead atoms. The van der Waals surface area contributed by atoms with Crippen LogP contribution in [-0.2, 0) is 0 Å². The van der Waals surface area contributed by atoms with Gasteiger partial charge in [-0.15, -0.1) is 24.8 Å². The van der Waals surface area contributed by atoms with Gasteiger partial charge in [0.15, 0.2) is 0 Å². The van der Waals surface area contributed by atoms with Crippen molar-refractivity contribution in [2.24, 2.45) is 5.84 Å². The van der Waals surface area contributed by atoms with Crippen LogP contribution in [0.1, 0.15) is 5.69 Å². The van der Waals surface area contributed by atoms with Crippen molar-refractivity contribution < 1.29 is 0 Å². The quantitative estimate of drug-likeness (QED) is 0.600. The standard InChI is InChI=1S/C10H11N3.2ClH/c1-7-6-10(13-11)8-4-2-3-5-9(8)12-7;;/h2-6H,11H2,1H3,(H,12,13);2*1H. The van der Waals surface area contributed by atoms with Crippen LogP contribution in [0, 0.1) is 6.92 Å². The summed E-state index contributed by atoms with van der Waals surface area (Å²) in [5, 5.41) is 1.05. The summed E-state index contributed by atoms with van der Waals surface area (Å²) in [6.07, 6.45) is 0. The number of pyridine rings is 1. The number of nitrogen functional groups attached to an aromatic ring is 1. The number of halogens is 2. The number of nitrogens with one attached hydrogen (secondary N) is 1. The highest BCUT2D eigenvalue weighted by Crippen LogP contribution is 2.21. The molecule has 0 unspecified atom stereocenters. The number of aromatic nitrogens is 1. The number of hydrazine groups is 1. The third-order valence-electron chi connectivity index (χ3n) is 2.00. The number of nitrogens with zero attached hydrogens (tertiary/aromatic N) is 1. The molecule has 0 aliphatic rings. The van der Waals surface area contributed by atoms with Gasteiger partial charge in [0.1, 0.15) is 0 Å². The number of hydrogen-bond donors (Lipinski definition) is 2. The molecule has 0 spiro atoms. The molecule has 0 saturated heterocycles. The number of anilines is 1. The van der Waals surface area contributed by atoms with Gasteiger partial charge in [0.25, 0.3) is 0 Å². The topological polar surface area (TPSA) is 50.9 Å². The maximum absolute atomic E-state index is 5.41. The molecule has 2 rings (SSSR count). The molecule has 0 fully saturated rings. The molecule has 15 heavy (non-hydrogen) atoms. The number of nitrogens with two attached hydrogens (primary N) is 1. The molecule has 2 aromatic rings. The van der Waals surface area contributed by atoms with Crippen molar-refractivity contribution in [2.45, 2.75) is 6.92 Å². The summed E-state index contributed by atoms with van der Waals surface area (Å²) in [7, 11) is 0. The Labute approximate surface area is 101 Å². The van der Waals surface area contributed by atoms with E-state index in [-0.39, 0.29) is 24.8 Å². The lowest BCUT2D eigenvalue weighted by Crippen LogP contribution is -2.07. The van der Waals surface area contributed by atoms with Crippen LogP contribution in [0.3, 0.4) is 0 Å². The van der Waals surface area contributed by atoms with Gasteiger partial charge in [0.2, 0.25) is 0 Å². The Kier molecular flexibility index (Phi) is 5.36. The Morgan fingerprint density at radius 3 is 2.53 bits per heavy atom. The molecular weight excluding hydrogens is 233 g/mol. The van der Waals surface area contributed by atoms with E-state index in [1.807, 2.05) is 37.3 Å². The first-order chi connectivity index (χ1) is 6.31. The van der Waals surface area contributed by atoms with Crippen molar-refractivity contribution in [1.82, 2.24) is 4.98 Å². The molecule has 1 heterocycles. The molecule has 0 aliphatic carbocycles. The molecule has 0 atom stereocenters. The third kappa shape index (κ3) is 2.72. The van der Waals surface area contributed by atoms with Crippen molar-refractivity contribution in [1.29, 1.82) is 0 Å². The van der Waals surface area contributed by atoms with Gasteiger partial charge in [-0.1, -0.05) is 18.2 Å². The minimum Gasteiger partial charge on any atom is -0.323 e. The maximum Gasteiger partial charge on any atom is 0.0726 e. The van der Waals surface area contributed by atoms with Gasteiger partial charge in [0.05, 0.1) is 11.2 Å². The van der Waals surface area contributed by atoms with Gasteiger partial charge < -0.3 is 5.43 Å². The summed E-state index contributed by atoms with van der Waals surface area (Å²) in [5.74, 6) is 5.41. The van der Waals surface area contributed by atoms with E-state index in [2.05, 4.69) is 10.4 Å². The second-order valence-corrected chi connectivity index (χ2v) is 2.97. The molecule has 0 aliphatic heterocycles. The largest absolute Gasteiger partial charge is 0.323 e. The van der Waals surface area contributed by atoms with Crippen LogP contribution in [0.4, 0.5) is 5.69 Å². The van der Waals surface area contributed by atoms with Crippen molar-refractivity contribution in [3.63, 3.8) is 0 Å². The van der Waals surface area contributed by atoms with E-state index in [1.165, 1.54) is 0 Å². The zero-order valence-electron chi connectivity index (χ0n) is 8.23. The van der Waals surface area contributed by atoms with Crippen molar-refractivity contribution in [3.05, 3.63) is 36.0 Å². The monoisotopic (exact) mass is 245 g/mol. The predicted octanol–water partition coefficient (Wildman–Crippen LogP) is 2.67. The molecule has 82 valence electrons. The second-order valence-electron chi connectivity index (χ2n) is 2.97. The van der Waals surface area contributed by atoms with Crippen LogP contribution in [0.15, 0.2) is 30.3 Å². The number of aryl methyl sites for hydroxylation is 1. The van der Waals surface area contributed by atoms with Crippen LogP contribution >= 0.6 is 24.8 Å². The smallest absolute Gasteiger partial charge is 0.0726 e. The molecular formula is C10H13Cl2N3. The summed E-state index contributed by atoms with van der Waals surface area (Å²) in [6.45, 7) is 1.95. The number of rotatable bonds is 1. The average molecular weight is 246 g/mol. The lowest BCUT2D eigenvalue weighted by atomic mass is 10.1. The average Bonchev–Trinajstić information content (AvgIpc) is 2.16. The first kappa shape index (κ1) is 14.0. The highest BCUT2D eigenvalue weighted by Gasteiger charge is 2.00. The summed E-state index contributed by atoms with van der Waals surface area (Å²) in [4.78, 5) is 4.39. The van der Waals surface area contributed by atoms with E-state index < -0.39 is 0 Å². The SMILES string of the molecule is Cc1cc(NN)c2ccccc2n1.Cl.Cl. The van der Waals surface area contributed by atoms with E-state index in [1.54, 1.807) is 0 Å². The van der Waals surface area contributed by atoms with E-state index in [0.717, 1.165) is 22.3 Å². The van der Waals surface area contributed by atoms with Crippen molar-refractivity contribution in [3.8, 4) is 0 Å². The van der Waals surface area contributed by atoms with Crippen LogP contribution < -0.4 is 11.3 Å². The predicted molar refractivity (Wildman–Crippen MR) is 68.8 cm³/mol. The van der Waals surface area contributed by atoms with Crippen LogP contribution in [0.25, 0.3) is 10.9 Å². The number of hydrogen-bond acceptors (Lipinski definition) is 3. The zero-order valence-corrected chi connectivity index (χ0v) is 9.86. The summed E-state index contributed by atoms with van der Waals surface area (Å²) in [6, 6.07) is 9.84. The van der Waals surface area contributed by atoms with E-state index >= 15 is 0 Å². The lowest BCUT2D eigenvalue weighted by Gasteiger charge is -2.05. The van der Waals surface area contributed by atoms with Crippen LogP contribution in [0.5, 0.6) is 0 Å². The molecule has 3 nitrogen and oxygen atoms in total. The van der Waals surface area contributed by atoms with Gasteiger partial charge in [-0.05, 0) is 19.1 Å². The van der Waals surface area contributed by atoms with Crippen LogP contribution in [0.2, 0.25) is 0 Å². The van der Waals surface area contributed by atoms with Gasteiger partial charge >= 0.3 is 0 Å². The molecule has 0 amide bonds. The van der Waals surface area contributed by atoms with E-state index in [9.17, 15) is 0 Å². The van der Waals surface area contributed by atoms with Gasteiger partial charge in [-0.3, -0.25) is 10.8 Å². The fraction of sp³-hybridized carbons (Fsp3) is 0.100. The Morgan fingerprint density at radius 2 is 1.87 bits per heavy atom. The second kappa shape index (κ2) is 5.75. The van der Waals surface area contributed by atoms with Crippen molar-refractivity contribution in [2.75, 3.05) is 5.43 Å². The summed E-state index contributed by atoms with van der Waals surface area (Å²) >= 11 is 0. The third-order valence-corrected chi connectivity index (χ3v) is 2.00. The normalized spacial score (nSPS) is 8.93.